The van der Waals surface area contributed by atoms with Crippen LogP contribution in [-0.4, -0.2) is 22.7 Å². The van der Waals surface area contributed by atoms with Crippen LogP contribution in [0.25, 0.3) is 0 Å². The summed E-state index contributed by atoms with van der Waals surface area (Å²) in [6.07, 6.45) is 3.90. The first-order valence-electron chi connectivity index (χ1n) is 6.48. The van der Waals surface area contributed by atoms with Crippen molar-refractivity contribution in [3.63, 3.8) is 0 Å². The Balaban J connectivity index is 2.23. The Labute approximate surface area is 103 Å². The van der Waals surface area contributed by atoms with Crippen LogP contribution >= 0.6 is 0 Å². The number of aliphatic hydroxyl groups is 1. The quantitative estimate of drug-likeness (QED) is 0.854. The van der Waals surface area contributed by atoms with Crippen LogP contribution in [0.3, 0.4) is 0 Å². The molecule has 1 N–H and O–H groups in total. The number of rotatable bonds is 2. The highest BCUT2D eigenvalue weighted by Gasteiger charge is 2.24. The standard InChI is InChI=1S/C14H22N2O/c1-10-4-5-11(2)16(9-10)14-8-13(12(3)17)6-7-15-14/h6-8,10-12,17H,4-5,9H2,1-3H3/t10?,11?,12-/m1/s1. The topological polar surface area (TPSA) is 36.4 Å². The maximum atomic E-state index is 9.62. The van der Waals surface area contributed by atoms with Gasteiger partial charge in [-0.3, -0.25) is 0 Å². The molecule has 3 nitrogen and oxygen atoms in total. The van der Waals surface area contributed by atoms with Gasteiger partial charge in [-0.2, -0.15) is 0 Å². The fourth-order valence-electron chi connectivity index (χ4n) is 2.46. The largest absolute Gasteiger partial charge is 0.389 e. The van der Waals surface area contributed by atoms with E-state index in [4.69, 9.17) is 0 Å². The van der Waals surface area contributed by atoms with Crippen molar-refractivity contribution in [2.24, 2.45) is 5.92 Å². The number of piperidine rings is 1. The third kappa shape index (κ3) is 2.78. The summed E-state index contributed by atoms with van der Waals surface area (Å²) in [5, 5.41) is 9.62. The molecule has 1 aliphatic heterocycles. The lowest BCUT2D eigenvalue weighted by molar-refractivity contribution is 0.199. The summed E-state index contributed by atoms with van der Waals surface area (Å²) < 4.78 is 0. The summed E-state index contributed by atoms with van der Waals surface area (Å²) in [6.45, 7) is 7.40. The van der Waals surface area contributed by atoms with Crippen molar-refractivity contribution >= 4 is 5.82 Å². The minimum absolute atomic E-state index is 0.422. The molecule has 0 aliphatic carbocycles. The number of hydrogen-bond acceptors (Lipinski definition) is 3. The molecule has 17 heavy (non-hydrogen) atoms. The van der Waals surface area contributed by atoms with Crippen molar-refractivity contribution in [2.75, 3.05) is 11.4 Å². The lowest BCUT2D eigenvalue weighted by Crippen LogP contribution is -2.41. The summed E-state index contributed by atoms with van der Waals surface area (Å²) in [5.74, 6) is 1.73. The molecule has 1 aliphatic rings. The van der Waals surface area contributed by atoms with Crippen LogP contribution in [0, 0.1) is 5.92 Å². The second-order valence-corrected chi connectivity index (χ2v) is 5.31. The first kappa shape index (κ1) is 12.4. The van der Waals surface area contributed by atoms with Gasteiger partial charge in [-0.15, -0.1) is 0 Å². The number of aliphatic hydroxyl groups excluding tert-OH is 1. The SMILES string of the molecule is CC1CCC(C)N(c2cc([C@@H](C)O)ccn2)C1. The summed E-state index contributed by atoms with van der Waals surface area (Å²) in [4.78, 5) is 6.81. The summed E-state index contributed by atoms with van der Waals surface area (Å²) >= 11 is 0. The monoisotopic (exact) mass is 234 g/mol. The smallest absolute Gasteiger partial charge is 0.129 e. The lowest BCUT2D eigenvalue weighted by atomic mass is 9.95. The van der Waals surface area contributed by atoms with E-state index >= 15 is 0 Å². The average molecular weight is 234 g/mol. The van der Waals surface area contributed by atoms with Gasteiger partial charge in [0.05, 0.1) is 6.10 Å². The Morgan fingerprint density at radius 2 is 2.18 bits per heavy atom. The summed E-state index contributed by atoms with van der Waals surface area (Å²) in [6, 6.07) is 4.44. The molecular formula is C14H22N2O. The molecule has 1 fully saturated rings. The van der Waals surface area contributed by atoms with Crippen LogP contribution in [0.4, 0.5) is 5.82 Å². The highest BCUT2D eigenvalue weighted by Crippen LogP contribution is 2.27. The Hall–Kier alpha value is -1.09. The van der Waals surface area contributed by atoms with Crippen molar-refractivity contribution in [3.05, 3.63) is 23.9 Å². The Morgan fingerprint density at radius 1 is 1.41 bits per heavy atom. The third-order valence-electron chi connectivity index (χ3n) is 3.66. The number of pyridine rings is 1. The van der Waals surface area contributed by atoms with Crippen LogP contribution in [0.5, 0.6) is 0 Å². The first-order chi connectivity index (χ1) is 8.08. The predicted molar refractivity (Wildman–Crippen MR) is 70.1 cm³/mol. The lowest BCUT2D eigenvalue weighted by Gasteiger charge is -2.37. The molecule has 1 saturated heterocycles. The molecule has 2 rings (SSSR count). The van der Waals surface area contributed by atoms with Crippen molar-refractivity contribution in [3.8, 4) is 0 Å². The highest BCUT2D eigenvalue weighted by atomic mass is 16.3. The Bertz CT molecular complexity index is 378. The molecule has 0 spiro atoms. The molecule has 1 aromatic rings. The van der Waals surface area contributed by atoms with E-state index in [-0.39, 0.29) is 0 Å². The zero-order valence-corrected chi connectivity index (χ0v) is 10.9. The molecule has 3 heteroatoms. The van der Waals surface area contributed by atoms with Gasteiger partial charge in [-0.1, -0.05) is 6.92 Å². The van der Waals surface area contributed by atoms with Gasteiger partial charge < -0.3 is 10.0 Å². The number of nitrogens with zero attached hydrogens (tertiary/aromatic N) is 2. The number of aromatic nitrogens is 1. The molecule has 94 valence electrons. The van der Waals surface area contributed by atoms with E-state index in [1.54, 1.807) is 13.1 Å². The van der Waals surface area contributed by atoms with Crippen LogP contribution < -0.4 is 4.90 Å². The molecule has 2 heterocycles. The van der Waals surface area contributed by atoms with Gasteiger partial charge in [0.15, 0.2) is 0 Å². The fourth-order valence-corrected chi connectivity index (χ4v) is 2.46. The van der Waals surface area contributed by atoms with E-state index in [1.807, 2.05) is 12.1 Å². The molecule has 0 aromatic carbocycles. The Morgan fingerprint density at radius 3 is 2.88 bits per heavy atom. The molecule has 0 amide bonds. The molecule has 2 unspecified atom stereocenters. The molecule has 0 saturated carbocycles. The summed E-state index contributed by atoms with van der Waals surface area (Å²) in [7, 11) is 0. The number of anilines is 1. The number of hydrogen-bond donors (Lipinski definition) is 1. The zero-order valence-electron chi connectivity index (χ0n) is 10.9. The van der Waals surface area contributed by atoms with Crippen LogP contribution in [0.1, 0.15) is 45.3 Å². The molecule has 0 radical (unpaired) electrons. The second-order valence-electron chi connectivity index (χ2n) is 5.31. The van der Waals surface area contributed by atoms with E-state index in [1.165, 1.54) is 12.8 Å². The van der Waals surface area contributed by atoms with Crippen molar-refractivity contribution in [1.82, 2.24) is 4.98 Å². The normalized spacial score (nSPS) is 26.9. The fraction of sp³-hybridized carbons (Fsp3) is 0.643. The van der Waals surface area contributed by atoms with Gasteiger partial charge >= 0.3 is 0 Å². The molecule has 1 aromatic heterocycles. The van der Waals surface area contributed by atoms with E-state index in [0.717, 1.165) is 23.8 Å². The van der Waals surface area contributed by atoms with E-state index < -0.39 is 6.10 Å². The van der Waals surface area contributed by atoms with Crippen molar-refractivity contribution in [1.29, 1.82) is 0 Å². The first-order valence-corrected chi connectivity index (χ1v) is 6.48. The minimum Gasteiger partial charge on any atom is -0.389 e. The van der Waals surface area contributed by atoms with Gasteiger partial charge in [0.1, 0.15) is 5.82 Å². The third-order valence-corrected chi connectivity index (χ3v) is 3.66. The van der Waals surface area contributed by atoms with Crippen LogP contribution in [0.2, 0.25) is 0 Å². The van der Waals surface area contributed by atoms with E-state index in [0.29, 0.717) is 6.04 Å². The highest BCUT2D eigenvalue weighted by molar-refractivity contribution is 5.43. The van der Waals surface area contributed by atoms with Gasteiger partial charge in [0.2, 0.25) is 0 Å². The Kier molecular flexibility index (Phi) is 3.67. The molecule has 3 atom stereocenters. The molecule has 0 bridgehead atoms. The van der Waals surface area contributed by atoms with Crippen LogP contribution in [0.15, 0.2) is 18.3 Å². The van der Waals surface area contributed by atoms with Crippen molar-refractivity contribution < 1.29 is 5.11 Å². The molecular weight excluding hydrogens is 212 g/mol. The second kappa shape index (κ2) is 5.05. The van der Waals surface area contributed by atoms with Gasteiger partial charge in [-0.25, -0.2) is 4.98 Å². The predicted octanol–water partition coefficient (Wildman–Crippen LogP) is 2.76. The van der Waals surface area contributed by atoms with E-state index in [9.17, 15) is 5.11 Å². The van der Waals surface area contributed by atoms with Gasteiger partial charge in [0.25, 0.3) is 0 Å². The maximum absolute atomic E-state index is 9.62. The maximum Gasteiger partial charge on any atom is 0.129 e. The van der Waals surface area contributed by atoms with Crippen molar-refractivity contribution in [2.45, 2.75) is 45.8 Å². The van der Waals surface area contributed by atoms with Gasteiger partial charge in [-0.05, 0) is 50.3 Å². The van der Waals surface area contributed by atoms with Gasteiger partial charge in [0, 0.05) is 18.8 Å². The minimum atomic E-state index is -0.422. The van der Waals surface area contributed by atoms with Crippen LogP contribution in [-0.2, 0) is 0 Å². The van der Waals surface area contributed by atoms with E-state index in [2.05, 4.69) is 23.7 Å². The average Bonchev–Trinajstić information content (AvgIpc) is 2.32. The summed E-state index contributed by atoms with van der Waals surface area (Å²) in [5.41, 5.74) is 0.945. The zero-order chi connectivity index (χ0) is 12.4.